The van der Waals surface area contributed by atoms with Crippen LogP contribution in [0.4, 0.5) is 0 Å². The van der Waals surface area contributed by atoms with Crippen molar-refractivity contribution in [2.24, 2.45) is 5.92 Å². The number of esters is 1. The number of hydrogen-bond acceptors (Lipinski definition) is 4. The van der Waals surface area contributed by atoms with Gasteiger partial charge >= 0.3 is 5.97 Å². The zero-order valence-electron chi connectivity index (χ0n) is 12.5. The Bertz CT molecular complexity index is 702. The highest BCUT2D eigenvalue weighted by Gasteiger charge is 2.38. The first kappa shape index (κ1) is 14.4. The van der Waals surface area contributed by atoms with E-state index in [0.29, 0.717) is 6.42 Å². The minimum atomic E-state index is -0.767. The summed E-state index contributed by atoms with van der Waals surface area (Å²) >= 11 is 0. The van der Waals surface area contributed by atoms with E-state index in [1.165, 1.54) is 7.11 Å². The highest BCUT2D eigenvalue weighted by molar-refractivity contribution is 6.00. The van der Waals surface area contributed by atoms with Gasteiger partial charge in [0.1, 0.15) is 11.7 Å². The molecule has 22 heavy (non-hydrogen) atoms. The maximum Gasteiger partial charge on any atom is 0.318 e. The number of ether oxygens (including phenoxy) is 2. The van der Waals surface area contributed by atoms with Crippen LogP contribution in [0, 0.1) is 5.92 Å². The first-order valence-corrected chi connectivity index (χ1v) is 7.09. The van der Waals surface area contributed by atoms with E-state index in [9.17, 15) is 9.59 Å². The van der Waals surface area contributed by atoms with E-state index < -0.39 is 11.9 Å². The number of rotatable bonds is 3. The second-order valence-corrected chi connectivity index (χ2v) is 5.28. The molecule has 0 saturated carbocycles. The summed E-state index contributed by atoms with van der Waals surface area (Å²) in [5, 5.41) is 0. The van der Waals surface area contributed by atoms with E-state index in [-0.39, 0.29) is 11.8 Å². The fraction of sp³-hybridized carbons (Fsp3) is 0.294. The van der Waals surface area contributed by atoms with Crippen LogP contribution in [0.25, 0.3) is 0 Å². The Morgan fingerprint density at radius 3 is 2.55 bits per heavy atom. The number of carbonyl (C=O) groups is 2. The molecule has 3 rings (SSSR count). The van der Waals surface area contributed by atoms with Gasteiger partial charge in [0.2, 0.25) is 5.91 Å². The van der Waals surface area contributed by atoms with Crippen LogP contribution in [-0.2, 0) is 9.53 Å². The van der Waals surface area contributed by atoms with Gasteiger partial charge in [0, 0.05) is 17.8 Å². The molecule has 2 heterocycles. The van der Waals surface area contributed by atoms with Crippen LogP contribution in [0.1, 0.15) is 28.4 Å². The number of nitrogens with zero attached hydrogens (tertiary/aromatic N) is 1. The Morgan fingerprint density at radius 1 is 1.18 bits per heavy atom. The molecule has 0 N–H and O–H groups in total. The van der Waals surface area contributed by atoms with Crippen molar-refractivity contribution < 1.29 is 19.1 Å². The smallest absolute Gasteiger partial charge is 0.318 e. The normalized spacial score (nSPS) is 20.4. The molecule has 0 unspecified atom stereocenters. The third kappa shape index (κ3) is 2.28. The van der Waals surface area contributed by atoms with Crippen LogP contribution in [-0.4, -0.2) is 30.7 Å². The minimum Gasteiger partial charge on any atom is -0.497 e. The number of hydrogen-bond donors (Lipinski definition) is 0. The molecule has 0 amide bonds. The van der Waals surface area contributed by atoms with E-state index in [4.69, 9.17) is 9.47 Å². The Balaban J connectivity index is 2.01. The van der Waals surface area contributed by atoms with Crippen LogP contribution in [0.3, 0.4) is 0 Å². The maximum atomic E-state index is 12.4. The molecule has 0 spiro atoms. The molecule has 0 bridgehead atoms. The summed E-state index contributed by atoms with van der Waals surface area (Å²) in [7, 11) is 2.93. The highest BCUT2D eigenvalue weighted by Crippen LogP contribution is 2.37. The lowest BCUT2D eigenvalue weighted by Gasteiger charge is -2.29. The minimum absolute atomic E-state index is 0.0253. The van der Waals surface area contributed by atoms with Gasteiger partial charge in [0.05, 0.1) is 14.2 Å². The molecule has 0 radical (unpaired) electrons. The lowest BCUT2D eigenvalue weighted by molar-refractivity contribution is -0.144. The van der Waals surface area contributed by atoms with E-state index in [1.54, 1.807) is 17.9 Å². The van der Waals surface area contributed by atoms with Crippen molar-refractivity contribution >= 4 is 11.9 Å². The predicted octanol–water partition coefficient (Wildman–Crippen LogP) is 2.46. The molecule has 0 aliphatic carbocycles. The van der Waals surface area contributed by atoms with Crippen LogP contribution in [0.15, 0.2) is 42.6 Å². The molecule has 0 saturated heterocycles. The summed E-state index contributed by atoms with van der Waals surface area (Å²) in [5.74, 6) is -0.727. The third-order valence-corrected chi connectivity index (χ3v) is 4.15. The molecule has 114 valence electrons. The van der Waals surface area contributed by atoms with Crippen LogP contribution in [0.5, 0.6) is 5.75 Å². The number of methoxy groups -OCH3 is 2. The average Bonchev–Trinajstić information content (AvgIpc) is 3.05. The van der Waals surface area contributed by atoms with E-state index in [2.05, 4.69) is 0 Å². The molecule has 2 aromatic rings. The molecular weight excluding hydrogens is 282 g/mol. The first-order chi connectivity index (χ1) is 10.7. The molecule has 5 heteroatoms. The summed E-state index contributed by atoms with van der Waals surface area (Å²) in [5.41, 5.74) is 1.94. The molecule has 1 aliphatic rings. The van der Waals surface area contributed by atoms with Crippen molar-refractivity contribution in [1.82, 2.24) is 4.57 Å². The second kappa shape index (κ2) is 5.67. The summed E-state index contributed by atoms with van der Waals surface area (Å²) in [4.78, 5) is 24.3. The molecular formula is C17H17NO4. The monoisotopic (exact) mass is 299 g/mol. The quantitative estimate of drug-likeness (QED) is 0.645. The SMILES string of the molecule is COC(=O)[C@@H]1C[C@@H](c2ccc(OC)cc2)c2cccn2C1=O. The van der Waals surface area contributed by atoms with Crippen molar-refractivity contribution in [3.05, 3.63) is 53.9 Å². The molecule has 2 atom stereocenters. The van der Waals surface area contributed by atoms with Gasteiger partial charge in [-0.25, -0.2) is 0 Å². The van der Waals surface area contributed by atoms with E-state index in [1.807, 2.05) is 36.4 Å². The van der Waals surface area contributed by atoms with Crippen molar-refractivity contribution in [3.63, 3.8) is 0 Å². The molecule has 1 aromatic heterocycles. The fourth-order valence-electron chi connectivity index (χ4n) is 2.99. The topological polar surface area (TPSA) is 57.5 Å². The molecule has 5 nitrogen and oxygen atoms in total. The zero-order chi connectivity index (χ0) is 15.7. The van der Waals surface area contributed by atoms with E-state index >= 15 is 0 Å². The standard InChI is InChI=1S/C17H17NO4/c1-21-12-7-5-11(6-8-12)13-10-14(17(20)22-2)16(19)18-9-3-4-15(13)18/h3-9,13-14H,10H2,1-2H3/t13-,14+/m0/s1. The molecule has 1 aliphatic heterocycles. The Kier molecular flexibility index (Phi) is 3.71. The lowest BCUT2D eigenvalue weighted by atomic mass is 9.83. The number of aromatic nitrogens is 1. The summed E-state index contributed by atoms with van der Waals surface area (Å²) in [6.45, 7) is 0. The van der Waals surface area contributed by atoms with Crippen LogP contribution >= 0.6 is 0 Å². The van der Waals surface area contributed by atoms with Gasteiger partial charge in [-0.1, -0.05) is 12.1 Å². The Labute approximate surface area is 128 Å². The number of benzene rings is 1. The number of carbonyl (C=O) groups excluding carboxylic acids is 2. The van der Waals surface area contributed by atoms with Crippen LogP contribution in [0.2, 0.25) is 0 Å². The zero-order valence-corrected chi connectivity index (χ0v) is 12.5. The molecule has 0 fully saturated rings. The highest BCUT2D eigenvalue weighted by atomic mass is 16.5. The largest absolute Gasteiger partial charge is 0.497 e. The average molecular weight is 299 g/mol. The summed E-state index contributed by atoms with van der Waals surface area (Å²) in [6, 6.07) is 11.4. The van der Waals surface area contributed by atoms with Crippen molar-refractivity contribution in [1.29, 1.82) is 0 Å². The lowest BCUT2D eigenvalue weighted by Crippen LogP contribution is -2.36. The Morgan fingerprint density at radius 2 is 1.91 bits per heavy atom. The maximum absolute atomic E-state index is 12.4. The first-order valence-electron chi connectivity index (χ1n) is 7.09. The summed E-state index contributed by atoms with van der Waals surface area (Å²) in [6.07, 6.45) is 2.12. The van der Waals surface area contributed by atoms with Crippen molar-refractivity contribution in [2.45, 2.75) is 12.3 Å². The van der Waals surface area contributed by atoms with Crippen molar-refractivity contribution in [3.8, 4) is 5.75 Å². The van der Waals surface area contributed by atoms with Gasteiger partial charge in [-0.15, -0.1) is 0 Å². The Hall–Kier alpha value is -2.56. The fourth-order valence-corrected chi connectivity index (χ4v) is 2.99. The van der Waals surface area contributed by atoms with Gasteiger partial charge in [-0.3, -0.25) is 14.2 Å². The second-order valence-electron chi connectivity index (χ2n) is 5.28. The summed E-state index contributed by atoms with van der Waals surface area (Å²) < 4.78 is 11.5. The third-order valence-electron chi connectivity index (χ3n) is 4.15. The van der Waals surface area contributed by atoms with E-state index in [0.717, 1.165) is 17.0 Å². The van der Waals surface area contributed by atoms with Gasteiger partial charge in [0.15, 0.2) is 0 Å². The van der Waals surface area contributed by atoms with Gasteiger partial charge in [-0.05, 0) is 36.2 Å². The van der Waals surface area contributed by atoms with Crippen LogP contribution < -0.4 is 4.74 Å². The number of fused-ring (bicyclic) bond motifs is 1. The van der Waals surface area contributed by atoms with Gasteiger partial charge in [-0.2, -0.15) is 0 Å². The van der Waals surface area contributed by atoms with Gasteiger partial charge in [0.25, 0.3) is 0 Å². The van der Waals surface area contributed by atoms with Gasteiger partial charge < -0.3 is 9.47 Å². The van der Waals surface area contributed by atoms with Crippen molar-refractivity contribution in [2.75, 3.05) is 14.2 Å². The predicted molar refractivity (Wildman–Crippen MR) is 80.0 cm³/mol. The molecule has 1 aromatic carbocycles.